The lowest BCUT2D eigenvalue weighted by molar-refractivity contribution is -0.352. The summed E-state index contributed by atoms with van der Waals surface area (Å²) in [4.78, 5) is 0. The van der Waals surface area contributed by atoms with Gasteiger partial charge in [0.05, 0.1) is 0 Å². The summed E-state index contributed by atoms with van der Waals surface area (Å²) in [6.45, 7) is 4.58. The minimum atomic E-state index is -1.22. The van der Waals surface area contributed by atoms with Crippen molar-refractivity contribution in [3.63, 3.8) is 0 Å². The summed E-state index contributed by atoms with van der Waals surface area (Å²) in [7, 11) is 0.432. The van der Waals surface area contributed by atoms with Crippen LogP contribution in [0.4, 0.5) is 8.78 Å². The first-order valence-corrected chi connectivity index (χ1v) is 8.26. The molecular weight excluding hydrogens is 318 g/mol. The Morgan fingerprint density at radius 3 is 1.83 bits per heavy atom. The third-order valence-electron chi connectivity index (χ3n) is 3.37. The predicted octanol–water partition coefficient (Wildman–Crippen LogP) is 3.11. The SMILES string of the molecule is CCOC(O[SiH3])(OCC)c1ccc(-c2cc(F)cc(F)c2)cc1. The van der Waals surface area contributed by atoms with Crippen molar-refractivity contribution in [2.45, 2.75) is 19.8 Å². The van der Waals surface area contributed by atoms with E-state index in [1.807, 2.05) is 13.8 Å². The second-order valence-corrected chi connectivity index (χ2v) is 5.27. The Morgan fingerprint density at radius 1 is 0.870 bits per heavy atom. The molecule has 6 heteroatoms. The summed E-state index contributed by atoms with van der Waals surface area (Å²) in [6, 6.07) is 10.5. The zero-order chi connectivity index (χ0) is 16.9. The summed E-state index contributed by atoms with van der Waals surface area (Å²) in [5.41, 5.74) is 1.87. The molecule has 0 radical (unpaired) electrons. The van der Waals surface area contributed by atoms with Crippen LogP contribution in [0, 0.1) is 11.6 Å². The lowest BCUT2D eigenvalue weighted by atomic mass is 10.0. The van der Waals surface area contributed by atoms with Gasteiger partial charge in [0, 0.05) is 24.8 Å². The van der Waals surface area contributed by atoms with Crippen molar-refractivity contribution >= 4 is 10.5 Å². The van der Waals surface area contributed by atoms with Crippen LogP contribution in [0.2, 0.25) is 0 Å². The Morgan fingerprint density at radius 2 is 1.39 bits per heavy atom. The maximum Gasteiger partial charge on any atom is 0.301 e. The van der Waals surface area contributed by atoms with Crippen LogP contribution >= 0.6 is 0 Å². The fraction of sp³-hybridized carbons (Fsp3) is 0.294. The van der Waals surface area contributed by atoms with Crippen LogP contribution in [0.3, 0.4) is 0 Å². The molecule has 0 heterocycles. The average Bonchev–Trinajstić information content (AvgIpc) is 2.54. The molecule has 0 fully saturated rings. The summed E-state index contributed by atoms with van der Waals surface area (Å²) in [5, 5.41) is 0. The van der Waals surface area contributed by atoms with E-state index in [9.17, 15) is 8.78 Å². The molecular formula is C17H20F2O3Si. The van der Waals surface area contributed by atoms with Gasteiger partial charge < -0.3 is 13.9 Å². The minimum Gasteiger partial charge on any atom is -0.376 e. The fourth-order valence-corrected chi connectivity index (χ4v) is 2.88. The topological polar surface area (TPSA) is 27.7 Å². The molecule has 0 aliphatic heterocycles. The van der Waals surface area contributed by atoms with E-state index >= 15 is 0 Å². The number of benzene rings is 2. The number of rotatable bonds is 7. The van der Waals surface area contributed by atoms with Gasteiger partial charge in [0.2, 0.25) is 0 Å². The van der Waals surface area contributed by atoms with Crippen molar-refractivity contribution in [2.75, 3.05) is 13.2 Å². The normalized spacial score (nSPS) is 11.8. The molecule has 124 valence electrons. The molecule has 0 N–H and O–H groups in total. The van der Waals surface area contributed by atoms with Crippen LogP contribution in [-0.2, 0) is 19.9 Å². The van der Waals surface area contributed by atoms with Crippen molar-refractivity contribution < 1.29 is 22.7 Å². The van der Waals surface area contributed by atoms with Gasteiger partial charge in [-0.15, -0.1) is 0 Å². The van der Waals surface area contributed by atoms with E-state index in [0.29, 0.717) is 40.4 Å². The van der Waals surface area contributed by atoms with Gasteiger partial charge in [-0.3, -0.25) is 0 Å². The van der Waals surface area contributed by atoms with Gasteiger partial charge in [-0.2, -0.15) is 0 Å². The second kappa shape index (κ2) is 7.78. The maximum absolute atomic E-state index is 13.3. The van der Waals surface area contributed by atoms with Crippen LogP contribution in [0.5, 0.6) is 0 Å². The Balaban J connectivity index is 2.37. The average molecular weight is 338 g/mol. The van der Waals surface area contributed by atoms with Crippen LogP contribution in [0.25, 0.3) is 11.1 Å². The van der Waals surface area contributed by atoms with E-state index in [1.54, 1.807) is 24.3 Å². The number of hydrogen-bond acceptors (Lipinski definition) is 3. The fourth-order valence-electron chi connectivity index (χ4n) is 2.41. The molecule has 0 saturated carbocycles. The van der Waals surface area contributed by atoms with E-state index in [0.717, 1.165) is 6.07 Å². The van der Waals surface area contributed by atoms with Gasteiger partial charge in [-0.05, 0) is 37.1 Å². The highest BCUT2D eigenvalue weighted by molar-refractivity contribution is 5.98. The highest BCUT2D eigenvalue weighted by Gasteiger charge is 2.33. The zero-order valence-electron chi connectivity index (χ0n) is 13.4. The highest BCUT2D eigenvalue weighted by atomic mass is 28.2. The molecule has 0 atom stereocenters. The Kier molecular flexibility index (Phi) is 6.01. The summed E-state index contributed by atoms with van der Waals surface area (Å²) in [5.74, 6) is -2.43. The summed E-state index contributed by atoms with van der Waals surface area (Å²) < 4.78 is 43.6. The van der Waals surface area contributed by atoms with Crippen LogP contribution in [-0.4, -0.2) is 23.7 Å². The van der Waals surface area contributed by atoms with Crippen molar-refractivity contribution in [3.8, 4) is 11.1 Å². The van der Waals surface area contributed by atoms with E-state index in [1.165, 1.54) is 12.1 Å². The molecule has 23 heavy (non-hydrogen) atoms. The Hall–Kier alpha value is -1.60. The second-order valence-electron chi connectivity index (χ2n) is 4.86. The third kappa shape index (κ3) is 4.03. The molecule has 2 rings (SSSR count). The summed E-state index contributed by atoms with van der Waals surface area (Å²) in [6.07, 6.45) is 0. The first kappa shape index (κ1) is 17.7. The Bertz CT molecular complexity index is 621. The lowest BCUT2D eigenvalue weighted by Crippen LogP contribution is -2.35. The molecule has 2 aromatic rings. The third-order valence-corrected chi connectivity index (χ3v) is 3.91. The monoisotopic (exact) mass is 338 g/mol. The van der Waals surface area contributed by atoms with Crippen molar-refractivity contribution in [3.05, 3.63) is 59.7 Å². The smallest absolute Gasteiger partial charge is 0.301 e. The molecule has 3 nitrogen and oxygen atoms in total. The van der Waals surface area contributed by atoms with E-state index < -0.39 is 17.6 Å². The number of hydrogen-bond donors (Lipinski definition) is 0. The molecule has 0 unspecified atom stereocenters. The molecule has 0 aromatic heterocycles. The molecule has 0 bridgehead atoms. The first-order valence-electron chi connectivity index (χ1n) is 7.44. The molecule has 0 spiro atoms. The van der Waals surface area contributed by atoms with Gasteiger partial charge in [-0.25, -0.2) is 8.78 Å². The molecule has 0 aliphatic carbocycles. The largest absolute Gasteiger partial charge is 0.376 e. The van der Waals surface area contributed by atoms with Gasteiger partial charge in [-0.1, -0.05) is 24.3 Å². The predicted molar refractivity (Wildman–Crippen MR) is 87.7 cm³/mol. The number of ether oxygens (including phenoxy) is 2. The standard InChI is InChI=1S/C17H20F2O3Si/c1-3-20-17(22-23,21-4-2)14-7-5-12(6-8-14)13-9-15(18)11-16(19)10-13/h5-11H,3-4H2,1-2,23H3. The number of halogens is 2. The van der Waals surface area contributed by atoms with Gasteiger partial charge in [0.1, 0.15) is 11.6 Å². The van der Waals surface area contributed by atoms with Crippen molar-refractivity contribution in [1.29, 1.82) is 0 Å². The van der Waals surface area contributed by atoms with E-state index in [-0.39, 0.29) is 0 Å². The zero-order valence-corrected chi connectivity index (χ0v) is 15.4. The van der Waals surface area contributed by atoms with Crippen molar-refractivity contribution in [2.24, 2.45) is 0 Å². The maximum atomic E-state index is 13.3. The van der Waals surface area contributed by atoms with Crippen LogP contribution in [0.1, 0.15) is 19.4 Å². The van der Waals surface area contributed by atoms with Gasteiger partial charge in [0.15, 0.2) is 10.5 Å². The van der Waals surface area contributed by atoms with Crippen molar-refractivity contribution in [1.82, 2.24) is 0 Å². The summed E-state index contributed by atoms with van der Waals surface area (Å²) >= 11 is 0. The van der Waals surface area contributed by atoms with E-state index in [4.69, 9.17) is 13.9 Å². The highest BCUT2D eigenvalue weighted by Crippen LogP contribution is 2.30. The molecule has 0 amide bonds. The molecule has 0 saturated heterocycles. The molecule has 0 aliphatic rings. The quantitative estimate of drug-likeness (QED) is 0.573. The minimum absolute atomic E-state index is 0.430. The molecule has 2 aromatic carbocycles. The van der Waals surface area contributed by atoms with E-state index in [2.05, 4.69) is 0 Å². The van der Waals surface area contributed by atoms with Gasteiger partial charge in [0.25, 0.3) is 0 Å². The van der Waals surface area contributed by atoms with Crippen LogP contribution in [0.15, 0.2) is 42.5 Å². The van der Waals surface area contributed by atoms with Gasteiger partial charge >= 0.3 is 5.97 Å². The lowest BCUT2D eigenvalue weighted by Gasteiger charge is -2.32. The first-order chi connectivity index (χ1) is 11.0. The Labute approximate surface area is 137 Å². The van der Waals surface area contributed by atoms with Crippen LogP contribution < -0.4 is 0 Å².